The van der Waals surface area contributed by atoms with E-state index in [1.165, 1.54) is 12.1 Å². The summed E-state index contributed by atoms with van der Waals surface area (Å²) in [5.41, 5.74) is -0.825. The van der Waals surface area contributed by atoms with Gasteiger partial charge >= 0.3 is 6.18 Å². The molecule has 19 heavy (non-hydrogen) atoms. The molecule has 0 unspecified atom stereocenters. The van der Waals surface area contributed by atoms with Crippen molar-refractivity contribution in [3.63, 3.8) is 0 Å². The number of benzene rings is 1. The third-order valence-electron chi connectivity index (χ3n) is 2.75. The molecule has 0 N–H and O–H groups in total. The molecule has 0 aromatic heterocycles. The van der Waals surface area contributed by atoms with Crippen molar-refractivity contribution in [2.75, 3.05) is 32.2 Å². The summed E-state index contributed by atoms with van der Waals surface area (Å²) in [6.07, 6.45) is -3.60. The Bertz CT molecular complexity index is 432. The van der Waals surface area contributed by atoms with Crippen LogP contribution in [-0.4, -0.2) is 33.6 Å². The standard InChI is InChI=1S/C13H16F3NO2/c1-17(6-3-7-19-2)11-5-4-10(9-18)12(8-11)13(14,15)16/h4-5,8-9H,3,6-7H2,1-2H3. The number of carbonyl (C=O) groups is 1. The van der Waals surface area contributed by atoms with Gasteiger partial charge in [-0.25, -0.2) is 0 Å². The molecule has 0 saturated carbocycles. The number of nitrogens with zero attached hydrogens (tertiary/aromatic N) is 1. The molecule has 3 nitrogen and oxygen atoms in total. The second-order valence-electron chi connectivity index (χ2n) is 4.16. The Morgan fingerprint density at radius 2 is 2.05 bits per heavy atom. The molecule has 0 saturated heterocycles. The largest absolute Gasteiger partial charge is 0.417 e. The summed E-state index contributed by atoms with van der Waals surface area (Å²) in [5, 5.41) is 0. The van der Waals surface area contributed by atoms with Crippen LogP contribution < -0.4 is 4.90 Å². The number of aldehydes is 1. The van der Waals surface area contributed by atoms with Gasteiger partial charge in [-0.15, -0.1) is 0 Å². The van der Waals surface area contributed by atoms with Crippen LogP contribution in [0.3, 0.4) is 0 Å². The van der Waals surface area contributed by atoms with Crippen molar-refractivity contribution in [1.29, 1.82) is 0 Å². The zero-order valence-electron chi connectivity index (χ0n) is 10.8. The first-order chi connectivity index (χ1) is 8.90. The van der Waals surface area contributed by atoms with Crippen LogP contribution in [0.1, 0.15) is 22.3 Å². The lowest BCUT2D eigenvalue weighted by molar-refractivity contribution is -0.137. The molecule has 0 bridgehead atoms. The summed E-state index contributed by atoms with van der Waals surface area (Å²) in [6, 6.07) is 3.69. The quantitative estimate of drug-likeness (QED) is 0.590. The zero-order chi connectivity index (χ0) is 14.5. The molecule has 0 aliphatic carbocycles. The van der Waals surface area contributed by atoms with Crippen LogP contribution in [0, 0.1) is 0 Å². The topological polar surface area (TPSA) is 29.5 Å². The fourth-order valence-electron chi connectivity index (χ4n) is 1.71. The molecule has 0 heterocycles. The molecule has 0 fully saturated rings. The van der Waals surface area contributed by atoms with E-state index in [9.17, 15) is 18.0 Å². The van der Waals surface area contributed by atoms with Gasteiger partial charge in [0.05, 0.1) is 5.56 Å². The maximum atomic E-state index is 12.8. The van der Waals surface area contributed by atoms with E-state index >= 15 is 0 Å². The maximum absolute atomic E-state index is 12.8. The molecule has 0 atom stereocenters. The molecule has 0 amide bonds. The highest BCUT2D eigenvalue weighted by Gasteiger charge is 2.33. The van der Waals surface area contributed by atoms with Crippen LogP contribution in [0.4, 0.5) is 18.9 Å². The normalized spacial score (nSPS) is 11.4. The Morgan fingerprint density at radius 3 is 2.58 bits per heavy atom. The molecule has 0 radical (unpaired) electrons. The number of hydrogen-bond acceptors (Lipinski definition) is 3. The Labute approximate surface area is 110 Å². The van der Waals surface area contributed by atoms with Crippen LogP contribution in [0.5, 0.6) is 0 Å². The van der Waals surface area contributed by atoms with Crippen molar-refractivity contribution >= 4 is 12.0 Å². The molecular weight excluding hydrogens is 259 g/mol. The molecule has 0 aliphatic heterocycles. The smallest absolute Gasteiger partial charge is 0.385 e. The van der Waals surface area contributed by atoms with E-state index in [1.807, 2.05) is 0 Å². The number of ether oxygens (including phenoxy) is 1. The maximum Gasteiger partial charge on any atom is 0.417 e. The molecule has 1 aromatic rings. The van der Waals surface area contributed by atoms with E-state index in [-0.39, 0.29) is 11.8 Å². The van der Waals surface area contributed by atoms with Crippen molar-refractivity contribution in [3.8, 4) is 0 Å². The fraction of sp³-hybridized carbons (Fsp3) is 0.462. The van der Waals surface area contributed by atoms with Gasteiger partial charge in [0.1, 0.15) is 0 Å². The first-order valence-corrected chi connectivity index (χ1v) is 5.76. The van der Waals surface area contributed by atoms with Gasteiger partial charge in [-0.05, 0) is 24.6 Å². The average Bonchev–Trinajstić information content (AvgIpc) is 2.37. The van der Waals surface area contributed by atoms with Crippen molar-refractivity contribution in [1.82, 2.24) is 0 Å². The van der Waals surface area contributed by atoms with Gasteiger partial charge in [0, 0.05) is 38.6 Å². The minimum Gasteiger partial charge on any atom is -0.385 e. The molecule has 0 spiro atoms. The van der Waals surface area contributed by atoms with Crippen LogP contribution >= 0.6 is 0 Å². The summed E-state index contributed by atoms with van der Waals surface area (Å²) in [5.74, 6) is 0. The summed E-state index contributed by atoms with van der Waals surface area (Å²) in [7, 11) is 3.27. The minimum absolute atomic E-state index is 0.220. The van der Waals surface area contributed by atoms with Gasteiger partial charge < -0.3 is 9.64 Å². The van der Waals surface area contributed by atoms with E-state index in [0.29, 0.717) is 25.3 Å². The molecule has 6 heteroatoms. The third-order valence-corrected chi connectivity index (χ3v) is 2.75. The van der Waals surface area contributed by atoms with Crippen LogP contribution in [0.2, 0.25) is 0 Å². The highest BCUT2D eigenvalue weighted by Crippen LogP contribution is 2.33. The van der Waals surface area contributed by atoms with Gasteiger partial charge in [0.15, 0.2) is 6.29 Å². The fourth-order valence-corrected chi connectivity index (χ4v) is 1.71. The predicted octanol–water partition coefficient (Wildman–Crippen LogP) is 2.99. The molecule has 106 valence electrons. The first-order valence-electron chi connectivity index (χ1n) is 5.76. The lowest BCUT2D eigenvalue weighted by Crippen LogP contribution is -2.21. The Balaban J connectivity index is 2.95. The highest BCUT2D eigenvalue weighted by atomic mass is 19.4. The van der Waals surface area contributed by atoms with E-state index in [4.69, 9.17) is 4.74 Å². The number of alkyl halides is 3. The summed E-state index contributed by atoms with van der Waals surface area (Å²) < 4.78 is 43.3. The zero-order valence-corrected chi connectivity index (χ0v) is 10.8. The summed E-state index contributed by atoms with van der Waals surface area (Å²) >= 11 is 0. The number of halogens is 3. The molecular formula is C13H16F3NO2. The van der Waals surface area contributed by atoms with Crippen LogP contribution in [0.15, 0.2) is 18.2 Å². The third kappa shape index (κ3) is 4.24. The highest BCUT2D eigenvalue weighted by molar-refractivity contribution is 5.79. The summed E-state index contributed by atoms with van der Waals surface area (Å²) in [6.45, 7) is 1.12. The Morgan fingerprint density at radius 1 is 1.37 bits per heavy atom. The Hall–Kier alpha value is -1.56. The van der Waals surface area contributed by atoms with E-state index in [1.54, 1.807) is 19.1 Å². The SMILES string of the molecule is COCCCN(C)c1ccc(C=O)c(C(F)(F)F)c1. The number of rotatable bonds is 6. The van der Waals surface area contributed by atoms with E-state index in [2.05, 4.69) is 0 Å². The van der Waals surface area contributed by atoms with Gasteiger partial charge in [-0.2, -0.15) is 13.2 Å². The van der Waals surface area contributed by atoms with Crippen LogP contribution in [-0.2, 0) is 10.9 Å². The summed E-state index contributed by atoms with van der Waals surface area (Å²) in [4.78, 5) is 12.3. The van der Waals surface area contributed by atoms with Crippen molar-refractivity contribution < 1.29 is 22.7 Å². The van der Waals surface area contributed by atoms with Crippen molar-refractivity contribution in [2.45, 2.75) is 12.6 Å². The molecule has 1 aromatic carbocycles. The molecule has 0 aliphatic rings. The lowest BCUT2D eigenvalue weighted by Gasteiger charge is -2.21. The van der Waals surface area contributed by atoms with E-state index < -0.39 is 11.7 Å². The first kappa shape index (κ1) is 15.5. The monoisotopic (exact) mass is 275 g/mol. The Kier molecular flexibility index (Phi) is 5.35. The molecule has 1 rings (SSSR count). The van der Waals surface area contributed by atoms with Crippen molar-refractivity contribution in [3.05, 3.63) is 29.3 Å². The van der Waals surface area contributed by atoms with Gasteiger partial charge in [-0.1, -0.05) is 0 Å². The van der Waals surface area contributed by atoms with E-state index in [0.717, 1.165) is 6.07 Å². The number of carbonyl (C=O) groups excluding carboxylic acids is 1. The van der Waals surface area contributed by atoms with Crippen LogP contribution in [0.25, 0.3) is 0 Å². The van der Waals surface area contributed by atoms with Crippen molar-refractivity contribution in [2.24, 2.45) is 0 Å². The van der Waals surface area contributed by atoms with Gasteiger partial charge in [0.25, 0.3) is 0 Å². The predicted molar refractivity (Wildman–Crippen MR) is 66.6 cm³/mol. The number of hydrogen-bond donors (Lipinski definition) is 0. The average molecular weight is 275 g/mol. The number of methoxy groups -OCH3 is 1. The number of anilines is 1. The van der Waals surface area contributed by atoms with Gasteiger partial charge in [0.2, 0.25) is 0 Å². The van der Waals surface area contributed by atoms with Gasteiger partial charge in [-0.3, -0.25) is 4.79 Å². The second kappa shape index (κ2) is 6.56. The second-order valence-corrected chi connectivity index (χ2v) is 4.16. The lowest BCUT2D eigenvalue weighted by atomic mass is 10.1. The minimum atomic E-state index is -4.53.